The van der Waals surface area contributed by atoms with Crippen molar-refractivity contribution in [3.63, 3.8) is 0 Å². The molecule has 0 bridgehead atoms. The van der Waals surface area contributed by atoms with Gasteiger partial charge in [0.1, 0.15) is 0 Å². The Bertz CT molecular complexity index is 932. The van der Waals surface area contributed by atoms with Gasteiger partial charge in [0.15, 0.2) is 11.4 Å². The molecule has 1 amide bonds. The molecule has 2 aromatic heterocycles. The molecule has 1 aromatic carbocycles. The van der Waals surface area contributed by atoms with Crippen molar-refractivity contribution in [2.24, 2.45) is 0 Å². The van der Waals surface area contributed by atoms with E-state index in [4.69, 9.17) is 0 Å². The van der Waals surface area contributed by atoms with Crippen LogP contribution in [0.3, 0.4) is 0 Å². The molecule has 6 nitrogen and oxygen atoms in total. The van der Waals surface area contributed by atoms with Gasteiger partial charge in [-0.1, -0.05) is 18.2 Å². The number of amides is 1. The topological polar surface area (TPSA) is 61.6 Å². The Morgan fingerprint density at radius 3 is 2.52 bits per heavy atom. The van der Waals surface area contributed by atoms with Gasteiger partial charge >= 0.3 is 0 Å². The Labute approximate surface area is 169 Å². The van der Waals surface area contributed by atoms with E-state index in [9.17, 15) is 9.90 Å². The van der Waals surface area contributed by atoms with Crippen molar-refractivity contribution in [1.29, 1.82) is 0 Å². The van der Waals surface area contributed by atoms with Gasteiger partial charge in [-0.25, -0.2) is 4.68 Å². The quantitative estimate of drug-likeness (QED) is 0.667. The summed E-state index contributed by atoms with van der Waals surface area (Å²) in [5.41, 5.74) is 0.910. The Morgan fingerprint density at radius 2 is 1.85 bits per heavy atom. The van der Waals surface area contributed by atoms with Crippen molar-refractivity contribution in [3.05, 3.63) is 63.0 Å². The van der Waals surface area contributed by atoms with E-state index in [2.05, 4.69) is 38.1 Å². The fourth-order valence-electron chi connectivity index (χ4n) is 3.15. The van der Waals surface area contributed by atoms with Crippen LogP contribution in [0.5, 0.6) is 5.75 Å². The maximum atomic E-state index is 12.8. The third-order valence-corrected chi connectivity index (χ3v) is 6.19. The summed E-state index contributed by atoms with van der Waals surface area (Å²) in [4.78, 5) is 18.2. The fraction of sp³-hybridized carbons (Fsp3) is 0.263. The van der Waals surface area contributed by atoms with Crippen LogP contribution < -0.4 is 0 Å². The van der Waals surface area contributed by atoms with Crippen LogP contribution in [-0.4, -0.2) is 56.8 Å². The summed E-state index contributed by atoms with van der Waals surface area (Å²) in [6, 6.07) is 13.6. The Kier molecular flexibility index (Phi) is 5.29. The number of carbonyl (C=O) groups is 1. The molecule has 1 aliphatic rings. The number of halogens is 1. The van der Waals surface area contributed by atoms with Crippen LogP contribution in [0.1, 0.15) is 15.4 Å². The van der Waals surface area contributed by atoms with Gasteiger partial charge in [-0.3, -0.25) is 9.69 Å². The first kappa shape index (κ1) is 18.2. The van der Waals surface area contributed by atoms with Crippen LogP contribution in [0, 0.1) is 0 Å². The predicted octanol–water partition coefficient (Wildman–Crippen LogP) is 3.36. The van der Waals surface area contributed by atoms with Crippen LogP contribution in [0.4, 0.5) is 0 Å². The summed E-state index contributed by atoms with van der Waals surface area (Å²) < 4.78 is 2.67. The summed E-state index contributed by atoms with van der Waals surface area (Å²) in [6.45, 7) is 3.76. The molecule has 0 radical (unpaired) electrons. The lowest BCUT2D eigenvalue weighted by Gasteiger charge is -2.34. The van der Waals surface area contributed by atoms with Crippen LogP contribution in [0.2, 0.25) is 0 Å². The summed E-state index contributed by atoms with van der Waals surface area (Å²) in [5, 5.41) is 14.5. The molecule has 140 valence electrons. The van der Waals surface area contributed by atoms with Crippen LogP contribution >= 0.6 is 27.3 Å². The number of hydrogen-bond acceptors (Lipinski definition) is 5. The van der Waals surface area contributed by atoms with E-state index < -0.39 is 0 Å². The zero-order valence-corrected chi connectivity index (χ0v) is 17.0. The molecule has 3 aromatic rings. The maximum absolute atomic E-state index is 12.8. The van der Waals surface area contributed by atoms with E-state index in [1.807, 2.05) is 30.3 Å². The summed E-state index contributed by atoms with van der Waals surface area (Å²) >= 11 is 5.23. The lowest BCUT2D eigenvalue weighted by Crippen LogP contribution is -2.48. The highest BCUT2D eigenvalue weighted by Crippen LogP contribution is 2.24. The number of carbonyl (C=O) groups excluding carboxylic acids is 1. The molecule has 1 N–H and O–H groups in total. The first-order valence-corrected chi connectivity index (χ1v) is 10.3. The molecule has 1 saturated heterocycles. The highest BCUT2D eigenvalue weighted by molar-refractivity contribution is 9.11. The molecule has 1 fully saturated rings. The van der Waals surface area contributed by atoms with E-state index in [1.54, 1.807) is 16.2 Å². The molecular weight excluding hydrogens is 428 g/mol. The minimum Gasteiger partial charge on any atom is -0.504 e. The molecule has 8 heteroatoms. The summed E-state index contributed by atoms with van der Waals surface area (Å²) in [5.74, 6) is -0.310. The van der Waals surface area contributed by atoms with Gasteiger partial charge in [0.2, 0.25) is 0 Å². The lowest BCUT2D eigenvalue weighted by atomic mass is 10.2. The summed E-state index contributed by atoms with van der Waals surface area (Å²) in [7, 11) is 0. The number of benzene rings is 1. The SMILES string of the molecule is O=C(c1nn(-c2ccccc2)cc1O)N1CCN(Cc2ccc(Br)s2)CC1. The molecule has 4 rings (SSSR count). The molecule has 0 spiro atoms. The second-order valence-electron chi connectivity index (χ2n) is 6.42. The number of hydrogen-bond donors (Lipinski definition) is 1. The van der Waals surface area contributed by atoms with Crippen molar-refractivity contribution in [2.45, 2.75) is 6.54 Å². The molecule has 27 heavy (non-hydrogen) atoms. The van der Waals surface area contributed by atoms with Gasteiger partial charge in [0.05, 0.1) is 15.7 Å². The maximum Gasteiger partial charge on any atom is 0.278 e. The Balaban J connectivity index is 1.40. The van der Waals surface area contributed by atoms with Gasteiger partial charge in [-0.2, -0.15) is 5.10 Å². The molecule has 1 aliphatic heterocycles. The van der Waals surface area contributed by atoms with Gasteiger partial charge in [0.25, 0.3) is 5.91 Å². The van der Waals surface area contributed by atoms with E-state index >= 15 is 0 Å². The zero-order valence-electron chi connectivity index (χ0n) is 14.6. The fourth-order valence-corrected chi connectivity index (χ4v) is 4.67. The highest BCUT2D eigenvalue weighted by atomic mass is 79.9. The number of para-hydroxylation sites is 1. The Hall–Kier alpha value is -2.16. The average Bonchev–Trinajstić information content (AvgIpc) is 3.28. The summed E-state index contributed by atoms with van der Waals surface area (Å²) in [6.07, 6.45) is 1.48. The number of thiophene rings is 1. The van der Waals surface area contributed by atoms with Crippen LogP contribution in [0.15, 0.2) is 52.4 Å². The molecular formula is C19H19BrN4O2S. The lowest BCUT2D eigenvalue weighted by molar-refractivity contribution is 0.0620. The molecule has 0 unspecified atom stereocenters. The van der Waals surface area contributed by atoms with Crippen molar-refractivity contribution in [3.8, 4) is 11.4 Å². The first-order valence-electron chi connectivity index (χ1n) is 8.70. The zero-order chi connectivity index (χ0) is 18.8. The van der Waals surface area contributed by atoms with E-state index in [0.29, 0.717) is 13.1 Å². The van der Waals surface area contributed by atoms with Crippen molar-refractivity contribution in [1.82, 2.24) is 19.6 Å². The number of piperazine rings is 1. The largest absolute Gasteiger partial charge is 0.504 e. The molecule has 3 heterocycles. The van der Waals surface area contributed by atoms with Gasteiger partial charge in [-0.15, -0.1) is 11.3 Å². The second kappa shape index (κ2) is 7.84. The number of aromatic hydroxyl groups is 1. The second-order valence-corrected chi connectivity index (χ2v) is 8.96. The molecule has 0 saturated carbocycles. The monoisotopic (exact) mass is 446 g/mol. The van der Waals surface area contributed by atoms with Crippen molar-refractivity contribution in [2.75, 3.05) is 26.2 Å². The van der Waals surface area contributed by atoms with Crippen LogP contribution in [0.25, 0.3) is 5.69 Å². The highest BCUT2D eigenvalue weighted by Gasteiger charge is 2.26. The van der Waals surface area contributed by atoms with Crippen LogP contribution in [-0.2, 0) is 6.54 Å². The van der Waals surface area contributed by atoms with Gasteiger partial charge in [-0.05, 0) is 40.2 Å². The third kappa shape index (κ3) is 4.07. The average molecular weight is 447 g/mol. The number of aromatic nitrogens is 2. The first-order chi connectivity index (χ1) is 13.1. The van der Waals surface area contributed by atoms with E-state index in [0.717, 1.165) is 29.1 Å². The van der Waals surface area contributed by atoms with Gasteiger partial charge < -0.3 is 10.0 Å². The normalized spacial score (nSPS) is 15.2. The minimum atomic E-state index is -0.222. The minimum absolute atomic E-state index is 0.0882. The predicted molar refractivity (Wildman–Crippen MR) is 108 cm³/mol. The Morgan fingerprint density at radius 1 is 1.11 bits per heavy atom. The third-order valence-electron chi connectivity index (χ3n) is 4.59. The molecule has 0 aliphatic carbocycles. The van der Waals surface area contributed by atoms with E-state index in [-0.39, 0.29) is 17.4 Å². The smallest absolute Gasteiger partial charge is 0.278 e. The van der Waals surface area contributed by atoms with Crippen molar-refractivity contribution < 1.29 is 9.90 Å². The van der Waals surface area contributed by atoms with E-state index in [1.165, 1.54) is 15.8 Å². The standard InChI is InChI=1S/C19H19BrN4O2S/c20-17-7-6-15(27-17)12-22-8-10-23(11-9-22)19(26)18-16(25)13-24(21-18)14-4-2-1-3-5-14/h1-7,13,25H,8-12H2. The number of nitrogens with zero attached hydrogens (tertiary/aromatic N) is 4. The van der Waals surface area contributed by atoms with Gasteiger partial charge in [0, 0.05) is 37.6 Å². The molecule has 0 atom stereocenters. The number of rotatable bonds is 4. The van der Waals surface area contributed by atoms with Crippen molar-refractivity contribution >= 4 is 33.2 Å².